The Morgan fingerprint density at radius 2 is 2.38 bits per heavy atom. The molecule has 1 fully saturated rings. The van der Waals surface area contributed by atoms with Crippen molar-refractivity contribution in [3.05, 3.63) is 29.6 Å². The number of hydrogen-bond donors (Lipinski definition) is 2. The molecule has 0 aliphatic carbocycles. The van der Waals surface area contributed by atoms with E-state index in [0.717, 1.165) is 0 Å². The molecule has 2 heterocycles. The summed E-state index contributed by atoms with van der Waals surface area (Å²) in [5.74, 6) is 5.08. The lowest BCUT2D eigenvalue weighted by Crippen LogP contribution is -2.52. The van der Waals surface area contributed by atoms with E-state index in [1.807, 2.05) is 6.92 Å². The molecule has 2 unspecified atom stereocenters. The molecule has 6 nitrogen and oxygen atoms in total. The van der Waals surface area contributed by atoms with E-state index in [2.05, 4.69) is 16.8 Å². The zero-order valence-corrected chi connectivity index (χ0v) is 11.8. The maximum absolute atomic E-state index is 12.7. The molecule has 0 aromatic carbocycles. The van der Waals surface area contributed by atoms with Crippen LogP contribution < -0.4 is 0 Å². The van der Waals surface area contributed by atoms with Crippen molar-refractivity contribution in [1.29, 1.82) is 0 Å². The van der Waals surface area contributed by atoms with Crippen LogP contribution in [0.4, 0.5) is 0 Å². The number of hydrogen-bond acceptors (Lipinski definition) is 5. The van der Waals surface area contributed by atoms with Crippen LogP contribution in [0.2, 0.25) is 0 Å². The average molecular weight is 290 g/mol. The molecular weight excluding hydrogens is 272 g/mol. The van der Waals surface area contributed by atoms with Gasteiger partial charge in [0.1, 0.15) is 6.61 Å². The second kappa shape index (κ2) is 7.18. The first-order chi connectivity index (χ1) is 10.2. The minimum atomic E-state index is -0.362. The summed E-state index contributed by atoms with van der Waals surface area (Å²) in [7, 11) is 0. The summed E-state index contributed by atoms with van der Waals surface area (Å²) in [5.41, 5.74) is 0.923. The first-order valence-corrected chi connectivity index (χ1v) is 6.74. The van der Waals surface area contributed by atoms with Crippen LogP contribution in [0.15, 0.2) is 18.5 Å². The van der Waals surface area contributed by atoms with Crippen LogP contribution in [0.5, 0.6) is 0 Å². The lowest BCUT2D eigenvalue weighted by atomic mass is 10.1. The number of pyridine rings is 1. The molecule has 0 saturated carbocycles. The Morgan fingerprint density at radius 3 is 3.10 bits per heavy atom. The number of amides is 1. The predicted molar refractivity (Wildman–Crippen MR) is 75.5 cm³/mol. The minimum absolute atomic E-state index is 0.0767. The number of carbonyl (C=O) groups is 1. The summed E-state index contributed by atoms with van der Waals surface area (Å²) in [6.07, 6.45) is 2.68. The van der Waals surface area contributed by atoms with Gasteiger partial charge >= 0.3 is 0 Å². The van der Waals surface area contributed by atoms with Gasteiger partial charge in [-0.05, 0) is 13.0 Å². The van der Waals surface area contributed by atoms with Crippen LogP contribution in [0.25, 0.3) is 0 Å². The number of rotatable bonds is 2. The number of aliphatic hydroxyl groups excluding tert-OH is 2. The van der Waals surface area contributed by atoms with E-state index in [0.29, 0.717) is 24.3 Å². The van der Waals surface area contributed by atoms with Crippen LogP contribution in [-0.4, -0.2) is 64.5 Å². The highest BCUT2D eigenvalue weighted by Crippen LogP contribution is 2.17. The fourth-order valence-corrected chi connectivity index (χ4v) is 2.18. The van der Waals surface area contributed by atoms with Crippen molar-refractivity contribution in [2.24, 2.45) is 0 Å². The Hall–Kier alpha value is -1.94. The van der Waals surface area contributed by atoms with Crippen LogP contribution in [0, 0.1) is 11.8 Å². The van der Waals surface area contributed by atoms with Crippen molar-refractivity contribution >= 4 is 5.91 Å². The fraction of sp³-hybridized carbons (Fsp3) is 0.467. The molecule has 2 rings (SSSR count). The number of aliphatic hydroxyl groups is 2. The summed E-state index contributed by atoms with van der Waals surface area (Å²) in [4.78, 5) is 18.3. The van der Waals surface area contributed by atoms with Crippen LogP contribution in [-0.2, 0) is 4.74 Å². The highest BCUT2D eigenvalue weighted by molar-refractivity contribution is 5.96. The number of aromatic nitrogens is 1. The van der Waals surface area contributed by atoms with Gasteiger partial charge in [0.05, 0.1) is 36.5 Å². The normalized spacial score (nSPS) is 21.6. The average Bonchev–Trinajstić information content (AvgIpc) is 2.53. The van der Waals surface area contributed by atoms with Gasteiger partial charge in [-0.15, -0.1) is 0 Å². The molecule has 1 amide bonds. The van der Waals surface area contributed by atoms with Crippen molar-refractivity contribution in [1.82, 2.24) is 9.88 Å². The Labute approximate surface area is 123 Å². The third kappa shape index (κ3) is 3.58. The van der Waals surface area contributed by atoms with Gasteiger partial charge in [0.25, 0.3) is 5.91 Å². The maximum atomic E-state index is 12.7. The maximum Gasteiger partial charge on any atom is 0.255 e. The van der Waals surface area contributed by atoms with E-state index in [9.17, 15) is 9.90 Å². The molecule has 2 N–H and O–H groups in total. The Morgan fingerprint density at radius 1 is 1.57 bits per heavy atom. The van der Waals surface area contributed by atoms with E-state index in [4.69, 9.17) is 9.84 Å². The second-order valence-corrected chi connectivity index (χ2v) is 4.83. The molecule has 6 heteroatoms. The molecule has 1 aromatic heterocycles. The monoisotopic (exact) mass is 290 g/mol. The zero-order valence-electron chi connectivity index (χ0n) is 11.8. The molecule has 21 heavy (non-hydrogen) atoms. The number of morpholine rings is 1. The summed E-state index contributed by atoms with van der Waals surface area (Å²) < 4.78 is 5.43. The van der Waals surface area contributed by atoms with Gasteiger partial charge < -0.3 is 19.8 Å². The highest BCUT2D eigenvalue weighted by Gasteiger charge is 2.30. The fourth-order valence-electron chi connectivity index (χ4n) is 2.18. The summed E-state index contributed by atoms with van der Waals surface area (Å²) in [5, 5.41) is 18.0. The standard InChI is InChI=1S/C15H18N2O4/c1-11-10-21-13(9-19)8-17(11)15(20)14-4-5-16-7-12(14)3-2-6-18/h4-5,7,11,13,18-19H,6,8-10H2,1H3. The third-order valence-corrected chi connectivity index (χ3v) is 3.32. The molecule has 1 aliphatic heterocycles. The third-order valence-electron chi connectivity index (χ3n) is 3.32. The van der Waals surface area contributed by atoms with Gasteiger partial charge in [-0.1, -0.05) is 11.8 Å². The molecule has 0 spiro atoms. The summed E-state index contributed by atoms with van der Waals surface area (Å²) in [6, 6.07) is 1.53. The number of carbonyl (C=O) groups excluding carboxylic acids is 1. The SMILES string of the molecule is CC1COC(CO)CN1C(=O)c1ccncc1C#CCO. The molecule has 1 aromatic rings. The summed E-state index contributed by atoms with van der Waals surface area (Å²) in [6.45, 7) is 2.23. The van der Waals surface area contributed by atoms with Gasteiger partial charge in [-0.2, -0.15) is 0 Å². The Kier molecular flexibility index (Phi) is 5.28. The Balaban J connectivity index is 2.26. The van der Waals surface area contributed by atoms with E-state index in [-0.39, 0.29) is 31.3 Å². The molecule has 2 atom stereocenters. The van der Waals surface area contributed by atoms with Crippen molar-refractivity contribution in [2.45, 2.75) is 19.1 Å². The molecule has 1 aliphatic rings. The van der Waals surface area contributed by atoms with Crippen molar-refractivity contribution < 1.29 is 19.7 Å². The quantitative estimate of drug-likeness (QED) is 0.727. The van der Waals surface area contributed by atoms with Crippen molar-refractivity contribution in [2.75, 3.05) is 26.4 Å². The van der Waals surface area contributed by atoms with E-state index < -0.39 is 0 Å². The lowest BCUT2D eigenvalue weighted by molar-refractivity contribution is -0.0667. The Bertz CT molecular complexity index is 564. The lowest BCUT2D eigenvalue weighted by Gasteiger charge is -2.37. The van der Waals surface area contributed by atoms with Crippen LogP contribution in [0.1, 0.15) is 22.8 Å². The first kappa shape index (κ1) is 15.4. The highest BCUT2D eigenvalue weighted by atomic mass is 16.5. The van der Waals surface area contributed by atoms with Gasteiger partial charge in [0.15, 0.2) is 0 Å². The van der Waals surface area contributed by atoms with Crippen molar-refractivity contribution in [3.63, 3.8) is 0 Å². The molecular formula is C15H18N2O4. The molecule has 1 saturated heterocycles. The molecule has 0 bridgehead atoms. The van der Waals surface area contributed by atoms with Gasteiger partial charge in [-0.25, -0.2) is 0 Å². The van der Waals surface area contributed by atoms with Crippen molar-refractivity contribution in [3.8, 4) is 11.8 Å². The predicted octanol–water partition coefficient (Wildman–Crippen LogP) is -0.353. The number of nitrogens with zero attached hydrogens (tertiary/aromatic N) is 2. The smallest absolute Gasteiger partial charge is 0.255 e. The van der Waals surface area contributed by atoms with E-state index in [1.54, 1.807) is 11.0 Å². The van der Waals surface area contributed by atoms with Gasteiger partial charge in [-0.3, -0.25) is 9.78 Å². The zero-order chi connectivity index (χ0) is 15.2. The second-order valence-electron chi connectivity index (χ2n) is 4.83. The minimum Gasteiger partial charge on any atom is -0.394 e. The summed E-state index contributed by atoms with van der Waals surface area (Å²) >= 11 is 0. The van der Waals surface area contributed by atoms with E-state index in [1.165, 1.54) is 12.4 Å². The van der Waals surface area contributed by atoms with Gasteiger partial charge in [0.2, 0.25) is 0 Å². The first-order valence-electron chi connectivity index (χ1n) is 6.74. The molecule has 112 valence electrons. The van der Waals surface area contributed by atoms with Crippen LogP contribution in [0.3, 0.4) is 0 Å². The van der Waals surface area contributed by atoms with Crippen LogP contribution >= 0.6 is 0 Å². The van der Waals surface area contributed by atoms with Gasteiger partial charge in [0, 0.05) is 18.9 Å². The molecule has 0 radical (unpaired) electrons. The van der Waals surface area contributed by atoms with E-state index >= 15 is 0 Å². The topological polar surface area (TPSA) is 82.9 Å². The number of ether oxygens (including phenoxy) is 1. The largest absolute Gasteiger partial charge is 0.394 e.